The van der Waals surface area contributed by atoms with Crippen LogP contribution in [-0.2, 0) is 26.7 Å². The lowest BCUT2D eigenvalue weighted by Crippen LogP contribution is -2.54. The number of hydrogen-bond acceptors (Lipinski definition) is 7. The third-order valence-corrected chi connectivity index (χ3v) is 5.60. The molecule has 0 unspecified atom stereocenters. The Hall–Kier alpha value is -3.80. The summed E-state index contributed by atoms with van der Waals surface area (Å²) < 4.78 is 6.22. The molecule has 154 valence electrons. The van der Waals surface area contributed by atoms with Gasteiger partial charge in [0.1, 0.15) is 4.70 Å². The Kier molecular flexibility index (Phi) is 4.70. The minimum atomic E-state index is -0.784. The van der Waals surface area contributed by atoms with Crippen molar-refractivity contribution >= 4 is 27.3 Å². The molecule has 4 aromatic rings. The second-order valence-electron chi connectivity index (χ2n) is 6.48. The van der Waals surface area contributed by atoms with Crippen molar-refractivity contribution in [1.82, 2.24) is 32.9 Å². The molecular weight excluding hydrogens is 410 g/mol. The van der Waals surface area contributed by atoms with Crippen molar-refractivity contribution in [3.63, 3.8) is 0 Å². The normalized spacial score (nSPS) is 11.4. The molecule has 30 heavy (non-hydrogen) atoms. The highest BCUT2D eigenvalue weighted by Gasteiger charge is 2.19. The molecule has 0 amide bonds. The number of aryl methyl sites for hydroxylation is 1. The fourth-order valence-electron chi connectivity index (χ4n) is 3.29. The minimum Gasteiger partial charge on any atom is -0.279 e. The number of aromatic nitrogens is 7. The highest BCUT2D eigenvalue weighted by Crippen LogP contribution is 2.19. The van der Waals surface area contributed by atoms with Crippen LogP contribution in [0.25, 0.3) is 16.0 Å². The molecule has 0 aliphatic carbocycles. The SMILES string of the molecule is C=CCn1c(=O)n(CC=C)c(=O)n(Cc2nnc3n(C)c(=O)c4sccc4n23)c1=O. The lowest BCUT2D eigenvalue weighted by molar-refractivity contribution is 0.492. The van der Waals surface area contributed by atoms with Gasteiger partial charge in [0.25, 0.3) is 5.56 Å². The largest absolute Gasteiger partial charge is 0.337 e. The van der Waals surface area contributed by atoms with E-state index in [0.717, 1.165) is 13.7 Å². The van der Waals surface area contributed by atoms with E-state index < -0.39 is 17.1 Å². The van der Waals surface area contributed by atoms with Gasteiger partial charge in [0.2, 0.25) is 5.78 Å². The van der Waals surface area contributed by atoms with Crippen LogP contribution in [0.5, 0.6) is 0 Å². The molecule has 11 nitrogen and oxygen atoms in total. The fraction of sp³-hybridized carbons (Fsp3) is 0.222. The molecule has 0 spiro atoms. The number of fused-ring (bicyclic) bond motifs is 3. The second kappa shape index (κ2) is 7.22. The van der Waals surface area contributed by atoms with Crippen LogP contribution in [0.3, 0.4) is 0 Å². The molecule has 0 aromatic carbocycles. The molecule has 4 heterocycles. The maximum absolute atomic E-state index is 12.9. The topological polar surface area (TPSA) is 118 Å². The van der Waals surface area contributed by atoms with Crippen molar-refractivity contribution in [3.8, 4) is 0 Å². The van der Waals surface area contributed by atoms with Crippen molar-refractivity contribution < 1.29 is 0 Å². The lowest BCUT2D eigenvalue weighted by Gasteiger charge is -2.12. The average Bonchev–Trinajstić information content (AvgIpc) is 3.37. The molecule has 0 atom stereocenters. The van der Waals surface area contributed by atoms with E-state index in [1.54, 1.807) is 22.9 Å². The quantitative estimate of drug-likeness (QED) is 0.385. The minimum absolute atomic E-state index is 0.0566. The maximum Gasteiger partial charge on any atom is 0.337 e. The van der Waals surface area contributed by atoms with Crippen molar-refractivity contribution in [2.75, 3.05) is 0 Å². The summed E-state index contributed by atoms with van der Waals surface area (Å²) in [5.74, 6) is 0.553. The summed E-state index contributed by atoms with van der Waals surface area (Å²) in [6, 6.07) is 1.75. The molecular formula is C18H17N7O4S. The highest BCUT2D eigenvalue weighted by molar-refractivity contribution is 7.17. The van der Waals surface area contributed by atoms with Crippen LogP contribution in [0.1, 0.15) is 5.82 Å². The Balaban J connectivity index is 2.02. The summed E-state index contributed by atoms with van der Waals surface area (Å²) in [5, 5.41) is 9.92. The standard InChI is InChI=1S/C18H17N7O4S/c1-4-7-22-16(27)23(8-5-2)18(29)24(17(22)28)10-12-19-20-15-21(3)14(26)13-11(25(12)15)6-9-30-13/h4-6,9H,1-2,7-8,10H2,3H3. The van der Waals surface area contributed by atoms with Crippen LogP contribution in [0, 0.1) is 0 Å². The summed E-state index contributed by atoms with van der Waals surface area (Å²) in [4.78, 5) is 50.8. The second-order valence-corrected chi connectivity index (χ2v) is 7.40. The molecule has 0 aliphatic heterocycles. The van der Waals surface area contributed by atoms with Crippen LogP contribution in [0.4, 0.5) is 0 Å². The zero-order chi connectivity index (χ0) is 21.6. The van der Waals surface area contributed by atoms with E-state index in [9.17, 15) is 19.2 Å². The van der Waals surface area contributed by atoms with E-state index in [1.807, 2.05) is 0 Å². The van der Waals surface area contributed by atoms with E-state index in [-0.39, 0.29) is 36.8 Å². The van der Waals surface area contributed by atoms with Crippen LogP contribution in [0.15, 0.2) is 55.9 Å². The molecule has 12 heteroatoms. The summed E-state index contributed by atoms with van der Waals surface area (Å²) in [6.45, 7) is 6.76. The predicted molar refractivity (Wildman–Crippen MR) is 112 cm³/mol. The average molecular weight is 427 g/mol. The number of thiophene rings is 1. The van der Waals surface area contributed by atoms with Gasteiger partial charge in [-0.2, -0.15) is 0 Å². The molecule has 0 saturated heterocycles. The van der Waals surface area contributed by atoms with Gasteiger partial charge in [-0.3, -0.25) is 13.8 Å². The van der Waals surface area contributed by atoms with Crippen molar-refractivity contribution in [1.29, 1.82) is 0 Å². The van der Waals surface area contributed by atoms with Crippen molar-refractivity contribution in [3.05, 3.63) is 84.4 Å². The Labute approximate surface area is 171 Å². The number of hydrogen-bond donors (Lipinski definition) is 0. The van der Waals surface area contributed by atoms with Gasteiger partial charge in [0, 0.05) is 7.05 Å². The molecule has 0 bridgehead atoms. The number of nitrogens with zero attached hydrogens (tertiary/aromatic N) is 7. The first-order chi connectivity index (χ1) is 14.4. The van der Waals surface area contributed by atoms with E-state index in [1.165, 1.54) is 28.1 Å². The molecule has 0 radical (unpaired) electrons. The van der Waals surface area contributed by atoms with E-state index in [2.05, 4.69) is 23.4 Å². The Morgan fingerprint density at radius 1 is 0.967 bits per heavy atom. The molecule has 0 N–H and O–H groups in total. The van der Waals surface area contributed by atoms with Crippen LogP contribution >= 0.6 is 11.3 Å². The lowest BCUT2D eigenvalue weighted by atomic mass is 10.4. The first-order valence-corrected chi connectivity index (χ1v) is 9.75. The summed E-state index contributed by atoms with van der Waals surface area (Å²) in [6.07, 6.45) is 2.79. The molecule has 0 saturated carbocycles. The van der Waals surface area contributed by atoms with Gasteiger partial charge in [-0.05, 0) is 11.4 Å². The van der Waals surface area contributed by atoms with E-state index in [0.29, 0.717) is 10.2 Å². The van der Waals surface area contributed by atoms with Crippen molar-refractivity contribution in [2.24, 2.45) is 7.05 Å². The van der Waals surface area contributed by atoms with Gasteiger partial charge < -0.3 is 0 Å². The summed E-state index contributed by atoms with van der Waals surface area (Å²) in [5.41, 5.74) is -1.94. The predicted octanol–water partition coefficient (Wildman–Crippen LogP) is -0.452. The van der Waals surface area contributed by atoms with Crippen LogP contribution in [-0.4, -0.2) is 32.9 Å². The van der Waals surface area contributed by atoms with Crippen LogP contribution in [0.2, 0.25) is 0 Å². The highest BCUT2D eigenvalue weighted by atomic mass is 32.1. The first-order valence-electron chi connectivity index (χ1n) is 8.87. The molecule has 0 aliphatic rings. The van der Waals surface area contributed by atoms with E-state index in [4.69, 9.17) is 0 Å². The van der Waals surface area contributed by atoms with Gasteiger partial charge in [-0.25, -0.2) is 28.1 Å². The Morgan fingerprint density at radius 2 is 1.57 bits per heavy atom. The molecule has 4 rings (SSSR count). The van der Waals surface area contributed by atoms with Gasteiger partial charge in [0.15, 0.2) is 5.82 Å². The number of allylic oxidation sites excluding steroid dienone is 2. The zero-order valence-corrected chi connectivity index (χ0v) is 16.8. The zero-order valence-electron chi connectivity index (χ0n) is 16.0. The molecule has 4 aromatic heterocycles. The van der Waals surface area contributed by atoms with Crippen molar-refractivity contribution in [2.45, 2.75) is 19.6 Å². The van der Waals surface area contributed by atoms with Crippen LogP contribution < -0.4 is 22.6 Å². The van der Waals surface area contributed by atoms with Gasteiger partial charge in [-0.1, -0.05) is 12.2 Å². The van der Waals surface area contributed by atoms with E-state index >= 15 is 0 Å². The molecule has 0 fully saturated rings. The van der Waals surface area contributed by atoms with Gasteiger partial charge in [0.05, 0.1) is 25.2 Å². The summed E-state index contributed by atoms with van der Waals surface area (Å²) in [7, 11) is 1.57. The first kappa shape index (κ1) is 19.5. The number of rotatable bonds is 6. The summed E-state index contributed by atoms with van der Waals surface area (Å²) >= 11 is 1.28. The van der Waals surface area contributed by atoms with Gasteiger partial charge >= 0.3 is 17.1 Å². The third-order valence-electron chi connectivity index (χ3n) is 4.71. The Morgan fingerprint density at radius 3 is 2.17 bits per heavy atom. The smallest absolute Gasteiger partial charge is 0.279 e. The maximum atomic E-state index is 12.9. The third kappa shape index (κ3) is 2.72. The van der Waals surface area contributed by atoms with Gasteiger partial charge in [-0.15, -0.1) is 34.7 Å². The Bertz CT molecular complexity index is 1510. The fourth-order valence-corrected chi connectivity index (χ4v) is 4.14. The monoisotopic (exact) mass is 427 g/mol.